The monoisotopic (exact) mass is 463 g/mol. The first-order valence-corrected chi connectivity index (χ1v) is 10.7. The van der Waals surface area contributed by atoms with Gasteiger partial charge >= 0.3 is 0 Å². The summed E-state index contributed by atoms with van der Waals surface area (Å²) in [7, 11) is 1.54. The number of rotatable bonds is 6. The molecule has 0 bridgehead atoms. The van der Waals surface area contributed by atoms with Gasteiger partial charge in [0.1, 0.15) is 11.6 Å². The Bertz CT molecular complexity index is 1280. The van der Waals surface area contributed by atoms with Gasteiger partial charge in [0, 0.05) is 6.54 Å². The van der Waals surface area contributed by atoms with E-state index >= 15 is 0 Å². The summed E-state index contributed by atoms with van der Waals surface area (Å²) in [6.07, 6.45) is 6.46. The van der Waals surface area contributed by atoms with Crippen LogP contribution in [0.4, 0.5) is 4.39 Å². The molecule has 1 atom stereocenters. The predicted octanol–water partition coefficient (Wildman–Crippen LogP) is 2.08. The zero-order valence-corrected chi connectivity index (χ0v) is 18.4. The van der Waals surface area contributed by atoms with E-state index in [1.807, 2.05) is 0 Å². The van der Waals surface area contributed by atoms with Crippen LogP contribution in [0.15, 0.2) is 61.2 Å². The van der Waals surface area contributed by atoms with Gasteiger partial charge in [-0.05, 0) is 48.4 Å². The Labute approximate surface area is 194 Å². The Hall–Kier alpha value is -4.12. The second-order valence-corrected chi connectivity index (χ2v) is 7.73. The van der Waals surface area contributed by atoms with Crippen LogP contribution < -0.4 is 4.74 Å². The lowest BCUT2D eigenvalue weighted by atomic mass is 10.0. The average Bonchev–Trinajstić information content (AvgIpc) is 3.60. The third-order valence-corrected chi connectivity index (χ3v) is 5.69. The zero-order valence-electron chi connectivity index (χ0n) is 18.4. The van der Waals surface area contributed by atoms with Crippen molar-refractivity contribution in [1.29, 1.82) is 0 Å². The van der Waals surface area contributed by atoms with E-state index in [4.69, 9.17) is 9.47 Å². The molecule has 0 radical (unpaired) electrons. The number of aromatic nitrogens is 6. The molecule has 34 heavy (non-hydrogen) atoms. The number of methoxy groups -OCH3 is 1. The van der Waals surface area contributed by atoms with Gasteiger partial charge in [0.2, 0.25) is 0 Å². The van der Waals surface area contributed by atoms with Gasteiger partial charge in [0.25, 0.3) is 5.91 Å². The van der Waals surface area contributed by atoms with E-state index in [0.29, 0.717) is 41.4 Å². The molecule has 1 aliphatic heterocycles. The van der Waals surface area contributed by atoms with Crippen molar-refractivity contribution in [2.75, 3.05) is 26.9 Å². The first kappa shape index (κ1) is 21.7. The van der Waals surface area contributed by atoms with E-state index in [1.165, 1.54) is 22.8 Å². The minimum Gasteiger partial charge on any atom is -0.497 e. The quantitative estimate of drug-likeness (QED) is 0.432. The highest BCUT2D eigenvalue weighted by Crippen LogP contribution is 2.25. The molecule has 0 spiro atoms. The largest absolute Gasteiger partial charge is 0.497 e. The number of hydrogen-bond acceptors (Lipinski definition) is 7. The maximum atomic E-state index is 14.7. The number of benzene rings is 2. The number of ether oxygens (including phenoxy) is 2. The molecule has 174 valence electrons. The van der Waals surface area contributed by atoms with Crippen LogP contribution in [0.25, 0.3) is 11.4 Å². The average molecular weight is 463 g/mol. The fraction of sp³-hybridized carbons (Fsp3) is 0.261. The van der Waals surface area contributed by atoms with Crippen LogP contribution >= 0.6 is 0 Å². The van der Waals surface area contributed by atoms with E-state index in [9.17, 15) is 9.18 Å². The Morgan fingerprint density at radius 2 is 1.79 bits per heavy atom. The fourth-order valence-electron chi connectivity index (χ4n) is 4.02. The van der Waals surface area contributed by atoms with Crippen LogP contribution in [0.3, 0.4) is 0 Å². The summed E-state index contributed by atoms with van der Waals surface area (Å²) in [4.78, 5) is 18.3. The smallest absolute Gasteiger partial charge is 0.256 e. The van der Waals surface area contributed by atoms with E-state index in [1.54, 1.807) is 60.0 Å². The van der Waals surface area contributed by atoms with E-state index in [2.05, 4.69) is 20.4 Å². The molecule has 2 aromatic carbocycles. The molecule has 10 nitrogen and oxygen atoms in total. The second kappa shape index (κ2) is 9.40. The maximum Gasteiger partial charge on any atom is 0.256 e. The van der Waals surface area contributed by atoms with Gasteiger partial charge in [0.15, 0.2) is 0 Å². The molecular formula is C23H22FN7O3. The van der Waals surface area contributed by atoms with Gasteiger partial charge in [-0.1, -0.05) is 0 Å². The first-order chi connectivity index (χ1) is 16.6. The predicted molar refractivity (Wildman–Crippen MR) is 119 cm³/mol. The number of carbonyl (C=O) groups is 1. The molecular weight excluding hydrogens is 441 g/mol. The number of nitrogens with zero attached hydrogens (tertiary/aromatic N) is 7. The van der Waals surface area contributed by atoms with Crippen molar-refractivity contribution in [1.82, 2.24) is 34.9 Å². The molecule has 2 aromatic heterocycles. The Morgan fingerprint density at radius 3 is 2.53 bits per heavy atom. The highest BCUT2D eigenvalue weighted by atomic mass is 19.1. The lowest BCUT2D eigenvalue weighted by Crippen LogP contribution is -2.50. The molecule has 3 heterocycles. The molecule has 5 rings (SSSR count). The van der Waals surface area contributed by atoms with Crippen molar-refractivity contribution in [3.63, 3.8) is 0 Å². The lowest BCUT2D eigenvalue weighted by Gasteiger charge is -2.36. The first-order valence-electron chi connectivity index (χ1n) is 10.7. The zero-order chi connectivity index (χ0) is 23.5. The second-order valence-electron chi connectivity index (χ2n) is 7.73. The summed E-state index contributed by atoms with van der Waals surface area (Å²) in [6, 6.07) is 9.46. The van der Waals surface area contributed by atoms with Crippen molar-refractivity contribution in [3.8, 4) is 17.1 Å². The number of carbonyl (C=O) groups excluding carboxylic acids is 1. The summed E-state index contributed by atoms with van der Waals surface area (Å²) in [5.74, 6) is -0.0592. The minimum absolute atomic E-state index is 0.232. The molecule has 1 unspecified atom stereocenters. The summed E-state index contributed by atoms with van der Waals surface area (Å²) in [6.45, 7) is 1.05. The van der Waals surface area contributed by atoms with Crippen LogP contribution in [0, 0.1) is 5.82 Å². The van der Waals surface area contributed by atoms with E-state index < -0.39 is 0 Å². The third-order valence-electron chi connectivity index (χ3n) is 5.69. The van der Waals surface area contributed by atoms with Crippen LogP contribution in [0.5, 0.6) is 5.75 Å². The van der Waals surface area contributed by atoms with Crippen molar-refractivity contribution >= 4 is 5.91 Å². The van der Waals surface area contributed by atoms with Gasteiger partial charge in [-0.15, -0.1) is 0 Å². The molecule has 1 fully saturated rings. The van der Waals surface area contributed by atoms with Crippen molar-refractivity contribution < 1.29 is 18.7 Å². The third kappa shape index (κ3) is 4.25. The summed E-state index contributed by atoms with van der Waals surface area (Å²) in [5.41, 5.74) is 2.00. The van der Waals surface area contributed by atoms with Gasteiger partial charge in [-0.25, -0.2) is 4.39 Å². The highest BCUT2D eigenvalue weighted by molar-refractivity contribution is 5.98. The number of halogens is 1. The maximum absolute atomic E-state index is 14.7. The Balaban J connectivity index is 1.46. The molecule has 4 aromatic rings. The molecule has 0 saturated carbocycles. The lowest BCUT2D eigenvalue weighted by molar-refractivity contribution is -0.00187. The normalized spacial score (nSPS) is 15.9. The van der Waals surface area contributed by atoms with E-state index in [0.717, 1.165) is 0 Å². The van der Waals surface area contributed by atoms with Crippen molar-refractivity contribution in [3.05, 3.63) is 78.1 Å². The highest BCUT2D eigenvalue weighted by Gasteiger charge is 2.31. The number of amides is 1. The summed E-state index contributed by atoms with van der Waals surface area (Å²) >= 11 is 0. The summed E-state index contributed by atoms with van der Waals surface area (Å²) < 4.78 is 25.7. The van der Waals surface area contributed by atoms with Crippen LogP contribution in [0.1, 0.15) is 15.9 Å². The summed E-state index contributed by atoms with van der Waals surface area (Å²) in [5, 5.41) is 16.5. The van der Waals surface area contributed by atoms with Crippen LogP contribution in [0.2, 0.25) is 0 Å². The van der Waals surface area contributed by atoms with E-state index in [-0.39, 0.29) is 30.8 Å². The SMILES string of the molecule is COc1ccc(-n2nccn2)c(C(=O)N2CCOCC2Cc2cc(-n3nccn3)ccc2F)c1. The topological polar surface area (TPSA) is 100 Å². The van der Waals surface area contributed by atoms with Gasteiger partial charge in [-0.3, -0.25) is 4.79 Å². The van der Waals surface area contributed by atoms with Gasteiger partial charge < -0.3 is 14.4 Å². The molecule has 1 aliphatic rings. The molecule has 0 N–H and O–H groups in total. The van der Waals surface area contributed by atoms with Crippen molar-refractivity contribution in [2.24, 2.45) is 0 Å². The van der Waals surface area contributed by atoms with Crippen molar-refractivity contribution in [2.45, 2.75) is 12.5 Å². The molecule has 11 heteroatoms. The van der Waals surface area contributed by atoms with Crippen LogP contribution in [-0.4, -0.2) is 73.7 Å². The number of hydrogen-bond donors (Lipinski definition) is 0. The minimum atomic E-state index is -0.374. The number of morpholine rings is 1. The standard InChI is InChI=1S/C23H22FN7O3/c1-33-19-3-5-22(31-27-8-9-28-31)20(14-19)23(32)29-10-11-34-15-18(29)13-16-12-17(2-4-21(16)24)30-25-6-7-26-30/h2-9,12,14,18H,10-11,13,15H2,1H3. The molecule has 0 aliphatic carbocycles. The molecule has 1 saturated heterocycles. The van der Waals surface area contributed by atoms with Crippen LogP contribution in [-0.2, 0) is 11.2 Å². The Morgan fingerprint density at radius 1 is 1.06 bits per heavy atom. The Kier molecular flexibility index (Phi) is 6.00. The molecule has 1 amide bonds. The fourth-order valence-corrected chi connectivity index (χ4v) is 4.02. The van der Waals surface area contributed by atoms with Gasteiger partial charge in [-0.2, -0.15) is 30.0 Å². The van der Waals surface area contributed by atoms with Gasteiger partial charge in [0.05, 0.1) is 68.1 Å².